The normalized spacial score (nSPS) is 19.6. The average molecular weight is 345 g/mol. The molecule has 0 saturated heterocycles. The van der Waals surface area contributed by atoms with Gasteiger partial charge in [-0.1, -0.05) is 35.4 Å². The number of carbonyl (C=O) groups excluding carboxylic acids is 1. The van der Waals surface area contributed by atoms with Crippen molar-refractivity contribution in [3.05, 3.63) is 69.7 Å². The van der Waals surface area contributed by atoms with Crippen molar-refractivity contribution in [2.75, 3.05) is 13.2 Å². The van der Waals surface area contributed by atoms with Gasteiger partial charge >= 0.3 is 5.97 Å². The van der Waals surface area contributed by atoms with E-state index in [4.69, 9.17) is 16.3 Å². The number of ether oxygens (including phenoxy) is 1. The number of carbonyl (C=O) groups is 1. The Kier molecular flexibility index (Phi) is 4.93. The van der Waals surface area contributed by atoms with Crippen LogP contribution in [0.25, 0.3) is 0 Å². The van der Waals surface area contributed by atoms with Crippen molar-refractivity contribution in [3.8, 4) is 0 Å². The Morgan fingerprint density at radius 2 is 2.00 bits per heavy atom. The Bertz CT molecular complexity index is 739. The predicted octanol–water partition coefficient (Wildman–Crippen LogP) is 4.07. The fourth-order valence-corrected chi connectivity index (χ4v) is 3.57. The number of esters is 1. The molecule has 1 aliphatic carbocycles. The molecule has 3 nitrogen and oxygen atoms in total. The Balaban J connectivity index is 1.80. The van der Waals surface area contributed by atoms with Crippen LogP contribution in [-0.2, 0) is 16.6 Å². The first-order chi connectivity index (χ1) is 11.5. The summed E-state index contributed by atoms with van der Waals surface area (Å²) in [6.07, 6.45) is 2.67. The first-order valence-electron chi connectivity index (χ1n) is 8.18. The molecule has 0 amide bonds. The van der Waals surface area contributed by atoms with Gasteiger partial charge in [0.15, 0.2) is 0 Å². The number of benzene rings is 2. The van der Waals surface area contributed by atoms with E-state index in [1.807, 2.05) is 37.3 Å². The number of fused-ring (bicyclic) bond motifs is 1. The fourth-order valence-electron chi connectivity index (χ4n) is 3.37. The van der Waals surface area contributed by atoms with E-state index < -0.39 is 5.41 Å². The number of aliphatic hydroxyl groups is 1. The molecule has 2 aromatic rings. The lowest BCUT2D eigenvalue weighted by Gasteiger charge is -2.37. The average Bonchev–Trinajstić information content (AvgIpc) is 2.59. The van der Waals surface area contributed by atoms with E-state index in [1.165, 1.54) is 0 Å². The van der Waals surface area contributed by atoms with Gasteiger partial charge in [0.25, 0.3) is 0 Å². The molecular formula is C20H21ClO3. The number of rotatable bonds is 4. The molecule has 1 N–H and O–H groups in total. The maximum absolute atomic E-state index is 12.3. The molecule has 126 valence electrons. The number of hydrogen-bond acceptors (Lipinski definition) is 3. The van der Waals surface area contributed by atoms with Crippen LogP contribution < -0.4 is 0 Å². The lowest BCUT2D eigenvalue weighted by Crippen LogP contribution is -2.40. The number of halogens is 1. The number of aryl methyl sites for hydroxylation is 2. The molecule has 0 aromatic heterocycles. The molecule has 0 aliphatic heterocycles. The van der Waals surface area contributed by atoms with Crippen LogP contribution in [0.4, 0.5) is 0 Å². The van der Waals surface area contributed by atoms with Crippen molar-refractivity contribution in [3.63, 3.8) is 0 Å². The summed E-state index contributed by atoms with van der Waals surface area (Å²) in [6.45, 7) is 2.09. The Morgan fingerprint density at radius 1 is 1.25 bits per heavy atom. The van der Waals surface area contributed by atoms with Gasteiger partial charge in [0, 0.05) is 5.02 Å². The van der Waals surface area contributed by atoms with Crippen LogP contribution in [0, 0.1) is 6.92 Å². The van der Waals surface area contributed by atoms with Gasteiger partial charge in [-0.25, -0.2) is 4.79 Å². The topological polar surface area (TPSA) is 46.5 Å². The highest BCUT2D eigenvalue weighted by Crippen LogP contribution is 2.38. The Labute approximate surface area is 147 Å². The summed E-state index contributed by atoms with van der Waals surface area (Å²) in [5, 5.41) is 10.7. The lowest BCUT2D eigenvalue weighted by atomic mass is 9.71. The molecule has 0 fully saturated rings. The summed E-state index contributed by atoms with van der Waals surface area (Å²) in [7, 11) is 0. The van der Waals surface area contributed by atoms with Crippen LogP contribution in [-0.4, -0.2) is 24.3 Å². The standard InChI is InChI=1S/C20H21ClO3/c1-14-4-6-15(7-5-14)19(23)24-13-20(12-22)10-2-3-16-11-17(21)8-9-18(16)20/h4-9,11,22H,2-3,10,12-13H2,1H3/t20-/m0/s1. The molecule has 2 aromatic carbocycles. The minimum absolute atomic E-state index is 0.0528. The molecule has 0 unspecified atom stereocenters. The lowest BCUT2D eigenvalue weighted by molar-refractivity contribution is 0.0284. The monoisotopic (exact) mass is 344 g/mol. The van der Waals surface area contributed by atoms with Crippen LogP contribution in [0.2, 0.25) is 5.02 Å². The quantitative estimate of drug-likeness (QED) is 0.850. The van der Waals surface area contributed by atoms with E-state index in [-0.39, 0.29) is 19.2 Å². The third-order valence-electron chi connectivity index (χ3n) is 4.81. The minimum atomic E-state index is -0.543. The highest BCUT2D eigenvalue weighted by atomic mass is 35.5. The predicted molar refractivity (Wildman–Crippen MR) is 94.6 cm³/mol. The van der Waals surface area contributed by atoms with Crippen molar-refractivity contribution in [1.82, 2.24) is 0 Å². The van der Waals surface area contributed by atoms with Gasteiger partial charge in [-0.3, -0.25) is 0 Å². The third-order valence-corrected chi connectivity index (χ3v) is 5.04. The van der Waals surface area contributed by atoms with Gasteiger partial charge in [-0.2, -0.15) is 0 Å². The first kappa shape index (κ1) is 17.0. The van der Waals surface area contributed by atoms with Gasteiger partial charge in [-0.15, -0.1) is 0 Å². The second kappa shape index (κ2) is 6.96. The highest BCUT2D eigenvalue weighted by molar-refractivity contribution is 6.30. The van der Waals surface area contributed by atoms with Crippen LogP contribution in [0.15, 0.2) is 42.5 Å². The van der Waals surface area contributed by atoms with Crippen molar-refractivity contribution in [1.29, 1.82) is 0 Å². The zero-order valence-electron chi connectivity index (χ0n) is 13.7. The molecule has 3 rings (SSSR count). The molecule has 4 heteroatoms. The van der Waals surface area contributed by atoms with Crippen LogP contribution in [0.1, 0.15) is 39.9 Å². The second-order valence-electron chi connectivity index (χ2n) is 6.54. The SMILES string of the molecule is Cc1ccc(C(=O)OC[C@@]2(CO)CCCc3cc(Cl)ccc32)cc1. The maximum atomic E-state index is 12.3. The van der Waals surface area contributed by atoms with Crippen LogP contribution in [0.5, 0.6) is 0 Å². The molecule has 0 bridgehead atoms. The minimum Gasteiger partial charge on any atom is -0.461 e. The van der Waals surface area contributed by atoms with Crippen molar-refractivity contribution in [2.24, 2.45) is 0 Å². The summed E-state index contributed by atoms with van der Waals surface area (Å²) >= 11 is 6.09. The smallest absolute Gasteiger partial charge is 0.338 e. The molecular weight excluding hydrogens is 324 g/mol. The molecule has 1 aliphatic rings. The van der Waals surface area contributed by atoms with Crippen molar-refractivity contribution < 1.29 is 14.6 Å². The Morgan fingerprint density at radius 3 is 2.71 bits per heavy atom. The molecule has 24 heavy (non-hydrogen) atoms. The van der Waals surface area contributed by atoms with E-state index in [0.717, 1.165) is 36.0 Å². The van der Waals surface area contributed by atoms with Crippen molar-refractivity contribution >= 4 is 17.6 Å². The van der Waals surface area contributed by atoms with E-state index in [0.29, 0.717) is 10.6 Å². The maximum Gasteiger partial charge on any atom is 0.338 e. The summed E-state index contributed by atoms with van der Waals surface area (Å²) in [5.41, 5.74) is 3.25. The first-order valence-corrected chi connectivity index (χ1v) is 8.55. The largest absolute Gasteiger partial charge is 0.461 e. The van der Waals surface area contributed by atoms with Gasteiger partial charge in [0.2, 0.25) is 0 Å². The second-order valence-corrected chi connectivity index (χ2v) is 6.97. The van der Waals surface area contributed by atoms with Gasteiger partial charge < -0.3 is 9.84 Å². The molecule has 1 atom stereocenters. The zero-order valence-corrected chi connectivity index (χ0v) is 14.5. The van der Waals surface area contributed by atoms with Gasteiger partial charge in [-0.05, 0) is 61.6 Å². The van der Waals surface area contributed by atoms with E-state index in [2.05, 4.69) is 0 Å². The summed E-state index contributed by atoms with van der Waals surface area (Å²) < 4.78 is 5.56. The van der Waals surface area contributed by atoms with E-state index in [9.17, 15) is 9.90 Å². The Hall–Kier alpha value is -1.84. The van der Waals surface area contributed by atoms with Gasteiger partial charge in [0.1, 0.15) is 6.61 Å². The van der Waals surface area contributed by atoms with E-state index in [1.54, 1.807) is 12.1 Å². The van der Waals surface area contributed by atoms with Gasteiger partial charge in [0.05, 0.1) is 17.6 Å². The van der Waals surface area contributed by atoms with E-state index >= 15 is 0 Å². The third kappa shape index (κ3) is 3.33. The number of hydrogen-bond donors (Lipinski definition) is 1. The molecule has 0 saturated carbocycles. The zero-order chi connectivity index (χ0) is 17.2. The fraction of sp³-hybridized carbons (Fsp3) is 0.350. The van der Waals surface area contributed by atoms with Crippen LogP contribution in [0.3, 0.4) is 0 Å². The van der Waals surface area contributed by atoms with Crippen LogP contribution >= 0.6 is 11.6 Å². The highest BCUT2D eigenvalue weighted by Gasteiger charge is 2.37. The summed E-state index contributed by atoms with van der Waals surface area (Å²) in [6, 6.07) is 13.0. The summed E-state index contributed by atoms with van der Waals surface area (Å²) in [5.74, 6) is -0.357. The molecule has 0 heterocycles. The number of aliphatic hydroxyl groups excluding tert-OH is 1. The molecule has 0 radical (unpaired) electrons. The molecule has 0 spiro atoms. The summed E-state index contributed by atoms with van der Waals surface area (Å²) in [4.78, 5) is 12.3. The van der Waals surface area contributed by atoms with Crippen molar-refractivity contribution in [2.45, 2.75) is 31.6 Å².